The van der Waals surface area contributed by atoms with Crippen molar-refractivity contribution in [2.45, 2.75) is 13.3 Å². The van der Waals surface area contributed by atoms with Crippen molar-refractivity contribution < 1.29 is 4.74 Å². The van der Waals surface area contributed by atoms with E-state index in [9.17, 15) is 0 Å². The summed E-state index contributed by atoms with van der Waals surface area (Å²) in [5.74, 6) is 2.51. The Morgan fingerprint density at radius 3 is 2.82 bits per heavy atom. The first kappa shape index (κ1) is 11.3. The van der Waals surface area contributed by atoms with Gasteiger partial charge >= 0.3 is 0 Å². The molecule has 0 fully saturated rings. The Morgan fingerprint density at radius 2 is 2.18 bits per heavy atom. The number of ether oxygens (including phenoxy) is 1. The second-order valence-electron chi connectivity index (χ2n) is 2.29. The second-order valence-corrected chi connectivity index (χ2v) is 3.69. The summed E-state index contributed by atoms with van der Waals surface area (Å²) < 4.78 is 4.90. The fourth-order valence-electron chi connectivity index (χ4n) is 0.743. The molecule has 0 aromatic carbocycles. The number of methoxy groups -OCH3 is 1. The summed E-state index contributed by atoms with van der Waals surface area (Å²) in [6, 6.07) is 0. The standard InChI is InChI=1S/C8H19NOS/c1-3-11-8-4-5-9-6-7-10-2/h9H,3-8H2,1-2H3. The molecule has 2 nitrogen and oxygen atoms in total. The molecule has 0 aliphatic rings. The van der Waals surface area contributed by atoms with Crippen molar-refractivity contribution in [3.8, 4) is 0 Å². The van der Waals surface area contributed by atoms with Crippen molar-refractivity contribution >= 4 is 11.8 Å². The Hall–Kier alpha value is 0.270. The fraction of sp³-hybridized carbons (Fsp3) is 1.00. The molecule has 0 spiro atoms. The Labute approximate surface area is 74.1 Å². The Morgan fingerprint density at radius 1 is 1.36 bits per heavy atom. The van der Waals surface area contributed by atoms with Gasteiger partial charge in [-0.05, 0) is 24.5 Å². The molecule has 0 aromatic heterocycles. The predicted octanol–water partition coefficient (Wildman–Crippen LogP) is 1.37. The van der Waals surface area contributed by atoms with Crippen molar-refractivity contribution in [1.82, 2.24) is 5.32 Å². The molecule has 0 aliphatic carbocycles. The van der Waals surface area contributed by atoms with E-state index in [-0.39, 0.29) is 0 Å². The van der Waals surface area contributed by atoms with Gasteiger partial charge in [-0.2, -0.15) is 11.8 Å². The number of hydrogen-bond acceptors (Lipinski definition) is 3. The molecule has 0 unspecified atom stereocenters. The minimum atomic E-state index is 0.820. The molecule has 0 aliphatic heterocycles. The zero-order valence-electron chi connectivity index (χ0n) is 7.56. The van der Waals surface area contributed by atoms with Crippen LogP contribution in [0.5, 0.6) is 0 Å². The molecule has 0 saturated heterocycles. The highest BCUT2D eigenvalue weighted by atomic mass is 32.2. The molecule has 68 valence electrons. The number of thioether (sulfide) groups is 1. The number of nitrogens with one attached hydrogen (secondary N) is 1. The van der Waals surface area contributed by atoms with Crippen LogP contribution < -0.4 is 5.32 Å². The van der Waals surface area contributed by atoms with E-state index in [2.05, 4.69) is 12.2 Å². The summed E-state index contributed by atoms with van der Waals surface area (Å²) in [6.45, 7) is 5.12. The van der Waals surface area contributed by atoms with Gasteiger partial charge in [-0.3, -0.25) is 0 Å². The molecule has 0 aromatic rings. The van der Waals surface area contributed by atoms with Crippen LogP contribution in [0.2, 0.25) is 0 Å². The fourth-order valence-corrected chi connectivity index (χ4v) is 1.38. The van der Waals surface area contributed by atoms with E-state index in [0.29, 0.717) is 0 Å². The number of rotatable bonds is 8. The third-order valence-corrected chi connectivity index (χ3v) is 2.31. The molecule has 11 heavy (non-hydrogen) atoms. The van der Waals surface area contributed by atoms with Crippen LogP contribution in [0.4, 0.5) is 0 Å². The lowest BCUT2D eigenvalue weighted by molar-refractivity contribution is 0.199. The van der Waals surface area contributed by atoms with Crippen molar-refractivity contribution in [3.63, 3.8) is 0 Å². The second kappa shape index (κ2) is 10.3. The Balaban J connectivity index is 2.69. The van der Waals surface area contributed by atoms with Gasteiger partial charge < -0.3 is 10.1 Å². The van der Waals surface area contributed by atoms with Crippen LogP contribution in [0, 0.1) is 0 Å². The normalized spacial score (nSPS) is 10.4. The van der Waals surface area contributed by atoms with Gasteiger partial charge in [0.2, 0.25) is 0 Å². The van der Waals surface area contributed by atoms with Crippen LogP contribution in [-0.4, -0.2) is 38.3 Å². The summed E-state index contributed by atoms with van der Waals surface area (Å²) in [5.41, 5.74) is 0. The maximum absolute atomic E-state index is 4.90. The monoisotopic (exact) mass is 177 g/mol. The van der Waals surface area contributed by atoms with Gasteiger partial charge in [0.1, 0.15) is 0 Å². The molecule has 0 heterocycles. The summed E-state index contributed by atoms with van der Waals surface area (Å²) in [7, 11) is 1.73. The highest BCUT2D eigenvalue weighted by Gasteiger charge is 1.87. The van der Waals surface area contributed by atoms with Gasteiger partial charge in [0.05, 0.1) is 6.61 Å². The van der Waals surface area contributed by atoms with Gasteiger partial charge in [-0.15, -0.1) is 0 Å². The summed E-state index contributed by atoms with van der Waals surface area (Å²) in [5, 5.41) is 3.31. The van der Waals surface area contributed by atoms with Gasteiger partial charge in [0, 0.05) is 13.7 Å². The lowest BCUT2D eigenvalue weighted by Crippen LogP contribution is -2.20. The first-order chi connectivity index (χ1) is 5.41. The van der Waals surface area contributed by atoms with Gasteiger partial charge in [-0.25, -0.2) is 0 Å². The number of hydrogen-bond donors (Lipinski definition) is 1. The van der Waals surface area contributed by atoms with Crippen LogP contribution in [0.1, 0.15) is 13.3 Å². The van der Waals surface area contributed by atoms with E-state index in [1.807, 2.05) is 11.8 Å². The molecule has 0 rings (SSSR count). The molecular weight excluding hydrogens is 158 g/mol. The third kappa shape index (κ3) is 10.3. The molecule has 0 bridgehead atoms. The van der Waals surface area contributed by atoms with Crippen molar-refractivity contribution in [2.24, 2.45) is 0 Å². The van der Waals surface area contributed by atoms with Crippen molar-refractivity contribution in [3.05, 3.63) is 0 Å². The molecule has 0 radical (unpaired) electrons. The first-order valence-corrected chi connectivity index (χ1v) is 5.34. The highest BCUT2D eigenvalue weighted by Crippen LogP contribution is 1.98. The minimum Gasteiger partial charge on any atom is -0.383 e. The summed E-state index contributed by atoms with van der Waals surface area (Å²) >= 11 is 2.00. The van der Waals surface area contributed by atoms with E-state index in [1.165, 1.54) is 17.9 Å². The summed E-state index contributed by atoms with van der Waals surface area (Å²) in [4.78, 5) is 0. The van der Waals surface area contributed by atoms with Crippen LogP contribution in [0.15, 0.2) is 0 Å². The first-order valence-electron chi connectivity index (χ1n) is 4.19. The molecule has 3 heteroatoms. The molecule has 1 N–H and O–H groups in total. The van der Waals surface area contributed by atoms with Gasteiger partial charge in [0.25, 0.3) is 0 Å². The summed E-state index contributed by atoms with van der Waals surface area (Å²) in [6.07, 6.45) is 1.27. The molecule has 0 atom stereocenters. The van der Waals surface area contributed by atoms with E-state index < -0.39 is 0 Å². The predicted molar refractivity (Wildman–Crippen MR) is 52.4 cm³/mol. The van der Waals surface area contributed by atoms with Crippen molar-refractivity contribution in [1.29, 1.82) is 0 Å². The highest BCUT2D eigenvalue weighted by molar-refractivity contribution is 7.99. The minimum absolute atomic E-state index is 0.820. The van der Waals surface area contributed by atoms with E-state index in [1.54, 1.807) is 7.11 Å². The Bertz CT molecular complexity index is 63.1. The maximum Gasteiger partial charge on any atom is 0.0587 e. The van der Waals surface area contributed by atoms with Gasteiger partial charge in [0.15, 0.2) is 0 Å². The lowest BCUT2D eigenvalue weighted by atomic mass is 10.5. The molecule has 0 saturated carbocycles. The smallest absolute Gasteiger partial charge is 0.0587 e. The third-order valence-electron chi connectivity index (χ3n) is 1.33. The van der Waals surface area contributed by atoms with E-state index in [0.717, 1.165) is 19.7 Å². The topological polar surface area (TPSA) is 21.3 Å². The molecule has 0 amide bonds. The van der Waals surface area contributed by atoms with Crippen LogP contribution >= 0.6 is 11.8 Å². The van der Waals surface area contributed by atoms with Gasteiger partial charge in [-0.1, -0.05) is 6.92 Å². The zero-order chi connectivity index (χ0) is 8.36. The lowest BCUT2D eigenvalue weighted by Gasteiger charge is -2.02. The quantitative estimate of drug-likeness (QED) is 0.566. The van der Waals surface area contributed by atoms with E-state index >= 15 is 0 Å². The van der Waals surface area contributed by atoms with E-state index in [4.69, 9.17) is 4.74 Å². The largest absolute Gasteiger partial charge is 0.383 e. The van der Waals surface area contributed by atoms with Crippen LogP contribution in [-0.2, 0) is 4.74 Å². The Kier molecular flexibility index (Phi) is 10.5. The molecular formula is C8H19NOS. The maximum atomic E-state index is 4.90. The van der Waals surface area contributed by atoms with Crippen LogP contribution in [0.3, 0.4) is 0 Å². The average Bonchev–Trinajstić information content (AvgIpc) is 2.03. The zero-order valence-corrected chi connectivity index (χ0v) is 8.38. The average molecular weight is 177 g/mol. The van der Waals surface area contributed by atoms with Crippen molar-refractivity contribution in [2.75, 3.05) is 38.3 Å². The SMILES string of the molecule is CCSCCCNCCOC. The van der Waals surface area contributed by atoms with Crippen LogP contribution in [0.25, 0.3) is 0 Å².